The van der Waals surface area contributed by atoms with Gasteiger partial charge in [0.15, 0.2) is 0 Å². The summed E-state index contributed by atoms with van der Waals surface area (Å²) in [6.07, 6.45) is -3.25. The predicted molar refractivity (Wildman–Crippen MR) is 107 cm³/mol. The van der Waals surface area contributed by atoms with E-state index in [9.17, 15) is 18.0 Å². The Morgan fingerprint density at radius 3 is 2.56 bits per heavy atom. The number of aromatic nitrogens is 6. The number of tetrazole rings is 1. The van der Waals surface area contributed by atoms with Crippen LogP contribution >= 0.6 is 0 Å². The van der Waals surface area contributed by atoms with E-state index in [0.29, 0.717) is 17.1 Å². The summed E-state index contributed by atoms with van der Waals surface area (Å²) in [5, 5.41) is 17.7. The Morgan fingerprint density at radius 2 is 1.88 bits per heavy atom. The summed E-state index contributed by atoms with van der Waals surface area (Å²) in [6, 6.07) is 11.1. The molecule has 0 aliphatic rings. The first-order chi connectivity index (χ1) is 15.3. The van der Waals surface area contributed by atoms with E-state index in [-0.39, 0.29) is 17.1 Å². The Bertz CT molecular complexity index is 1270. The summed E-state index contributed by atoms with van der Waals surface area (Å²) in [5.74, 6) is -0.0505. The normalized spacial score (nSPS) is 11.4. The van der Waals surface area contributed by atoms with Crippen LogP contribution in [-0.2, 0) is 6.18 Å². The highest BCUT2D eigenvalue weighted by atomic mass is 19.4. The number of nitrogens with zero attached hydrogens (tertiary/aromatic N) is 6. The van der Waals surface area contributed by atoms with E-state index in [0.717, 1.165) is 10.7 Å². The number of amides is 1. The standard InChI is InChI=1S/C20H16F3N7O2/c1-12-9-18(30(26-12)15-6-4-3-5-14(15)20(21,22)23)25-19(31)13-7-8-17(32-2)16(10-13)29-11-24-27-28-29/h3-11H,1-2H3,(H,25,31). The van der Waals surface area contributed by atoms with Crippen molar-refractivity contribution >= 4 is 11.7 Å². The third-order valence-corrected chi connectivity index (χ3v) is 4.55. The third-order valence-electron chi connectivity index (χ3n) is 4.55. The molecule has 1 amide bonds. The zero-order chi connectivity index (χ0) is 22.9. The predicted octanol–water partition coefficient (Wildman–Crippen LogP) is 3.44. The molecule has 0 radical (unpaired) electrons. The lowest BCUT2D eigenvalue weighted by atomic mass is 10.1. The van der Waals surface area contributed by atoms with Crippen molar-refractivity contribution in [1.82, 2.24) is 30.0 Å². The molecule has 0 bridgehead atoms. The van der Waals surface area contributed by atoms with Gasteiger partial charge < -0.3 is 10.1 Å². The summed E-state index contributed by atoms with van der Waals surface area (Å²) in [4.78, 5) is 12.9. The average molecular weight is 443 g/mol. The Balaban J connectivity index is 1.71. The van der Waals surface area contributed by atoms with E-state index in [1.54, 1.807) is 13.0 Å². The number of hydrogen-bond donors (Lipinski definition) is 1. The highest BCUT2D eigenvalue weighted by molar-refractivity contribution is 6.04. The fourth-order valence-electron chi connectivity index (χ4n) is 3.14. The van der Waals surface area contributed by atoms with Crippen molar-refractivity contribution in [3.8, 4) is 17.1 Å². The van der Waals surface area contributed by atoms with Gasteiger partial charge in [0.2, 0.25) is 0 Å². The number of carbonyl (C=O) groups is 1. The van der Waals surface area contributed by atoms with Crippen molar-refractivity contribution in [2.75, 3.05) is 12.4 Å². The molecule has 2 heterocycles. The van der Waals surface area contributed by atoms with E-state index >= 15 is 0 Å². The minimum atomic E-state index is -4.59. The molecule has 0 fully saturated rings. The van der Waals surface area contributed by atoms with Crippen molar-refractivity contribution in [1.29, 1.82) is 0 Å². The van der Waals surface area contributed by atoms with Crippen LogP contribution in [0.25, 0.3) is 11.4 Å². The summed E-state index contributed by atoms with van der Waals surface area (Å²) >= 11 is 0. The Morgan fingerprint density at radius 1 is 1.09 bits per heavy atom. The first kappa shape index (κ1) is 21.0. The second-order valence-corrected chi connectivity index (χ2v) is 6.69. The molecule has 32 heavy (non-hydrogen) atoms. The van der Waals surface area contributed by atoms with E-state index in [1.807, 2.05) is 0 Å². The Labute approximate surface area is 179 Å². The second-order valence-electron chi connectivity index (χ2n) is 6.69. The summed E-state index contributed by atoms with van der Waals surface area (Å²) in [7, 11) is 1.46. The number of alkyl halides is 3. The van der Waals surface area contributed by atoms with Crippen LogP contribution in [0.2, 0.25) is 0 Å². The molecule has 4 rings (SSSR count). The number of anilines is 1. The molecule has 4 aromatic rings. The molecule has 9 nitrogen and oxygen atoms in total. The number of benzene rings is 2. The molecular weight excluding hydrogens is 427 g/mol. The molecule has 12 heteroatoms. The zero-order valence-corrected chi connectivity index (χ0v) is 16.8. The number of carbonyl (C=O) groups excluding carboxylic acids is 1. The molecule has 164 valence electrons. The summed E-state index contributed by atoms with van der Waals surface area (Å²) in [6.45, 7) is 1.62. The van der Waals surface area contributed by atoms with E-state index in [4.69, 9.17) is 4.74 Å². The molecule has 1 N–H and O–H groups in total. The van der Waals surface area contributed by atoms with Crippen molar-refractivity contribution in [2.24, 2.45) is 0 Å². The van der Waals surface area contributed by atoms with E-state index in [2.05, 4.69) is 25.9 Å². The lowest BCUT2D eigenvalue weighted by molar-refractivity contribution is -0.137. The molecule has 0 atom stereocenters. The van der Waals surface area contributed by atoms with Gasteiger partial charge >= 0.3 is 6.18 Å². The van der Waals surface area contributed by atoms with Gasteiger partial charge in [-0.2, -0.15) is 23.0 Å². The monoisotopic (exact) mass is 443 g/mol. The topological polar surface area (TPSA) is 99.8 Å². The van der Waals surface area contributed by atoms with E-state index in [1.165, 1.54) is 54.5 Å². The highest BCUT2D eigenvalue weighted by Gasteiger charge is 2.34. The first-order valence-corrected chi connectivity index (χ1v) is 9.24. The van der Waals surface area contributed by atoms with Crippen molar-refractivity contribution in [3.05, 3.63) is 71.7 Å². The maximum absolute atomic E-state index is 13.5. The maximum atomic E-state index is 13.5. The molecule has 0 saturated heterocycles. The zero-order valence-electron chi connectivity index (χ0n) is 16.8. The number of nitrogens with one attached hydrogen (secondary N) is 1. The molecule has 0 aliphatic heterocycles. The van der Waals surface area contributed by atoms with Crippen LogP contribution in [0.5, 0.6) is 5.75 Å². The average Bonchev–Trinajstić information content (AvgIpc) is 3.42. The summed E-state index contributed by atoms with van der Waals surface area (Å²) < 4.78 is 48.1. The lowest BCUT2D eigenvalue weighted by Gasteiger charge is -2.15. The van der Waals surface area contributed by atoms with Crippen molar-refractivity contribution in [2.45, 2.75) is 13.1 Å². The Hall–Kier alpha value is -4.22. The minimum Gasteiger partial charge on any atom is -0.494 e. The van der Waals surface area contributed by atoms with Gasteiger partial charge in [0, 0.05) is 11.6 Å². The fraction of sp³-hybridized carbons (Fsp3) is 0.150. The molecule has 2 aromatic heterocycles. The van der Waals surface area contributed by atoms with Gasteiger partial charge in [-0.05, 0) is 47.7 Å². The van der Waals surface area contributed by atoms with Crippen molar-refractivity contribution in [3.63, 3.8) is 0 Å². The van der Waals surface area contributed by atoms with Gasteiger partial charge in [-0.25, -0.2) is 4.68 Å². The van der Waals surface area contributed by atoms with Gasteiger partial charge in [-0.1, -0.05) is 12.1 Å². The molecule has 2 aromatic carbocycles. The van der Waals surface area contributed by atoms with Crippen LogP contribution in [0.3, 0.4) is 0 Å². The van der Waals surface area contributed by atoms with Crippen molar-refractivity contribution < 1.29 is 22.7 Å². The largest absolute Gasteiger partial charge is 0.494 e. The summed E-state index contributed by atoms with van der Waals surface area (Å²) in [5.41, 5.74) is -0.0130. The van der Waals surface area contributed by atoms with Gasteiger partial charge in [0.05, 0.1) is 24.1 Å². The van der Waals surface area contributed by atoms with Gasteiger partial charge in [0.25, 0.3) is 5.91 Å². The number of aryl methyl sites for hydroxylation is 1. The maximum Gasteiger partial charge on any atom is 0.418 e. The number of rotatable bonds is 5. The van der Waals surface area contributed by atoms with Crippen LogP contribution in [0.15, 0.2) is 54.9 Å². The molecular formula is C20H16F3N7O2. The number of methoxy groups -OCH3 is 1. The molecule has 0 saturated carbocycles. The van der Waals surface area contributed by atoms with E-state index < -0.39 is 17.6 Å². The van der Waals surface area contributed by atoms with Crippen LogP contribution in [-0.4, -0.2) is 43.0 Å². The first-order valence-electron chi connectivity index (χ1n) is 9.24. The molecule has 0 unspecified atom stereocenters. The van der Waals surface area contributed by atoms with Crippen LogP contribution in [0.4, 0.5) is 19.0 Å². The fourth-order valence-corrected chi connectivity index (χ4v) is 3.14. The van der Waals surface area contributed by atoms with Gasteiger partial charge in [-0.15, -0.1) is 5.10 Å². The van der Waals surface area contributed by atoms with Crippen LogP contribution in [0.1, 0.15) is 21.6 Å². The minimum absolute atomic E-state index is 0.0870. The molecule has 0 spiro atoms. The number of ether oxygens (including phenoxy) is 1. The number of halogens is 3. The molecule has 0 aliphatic carbocycles. The van der Waals surface area contributed by atoms with Crippen LogP contribution < -0.4 is 10.1 Å². The van der Waals surface area contributed by atoms with Gasteiger partial charge in [0.1, 0.15) is 23.6 Å². The number of para-hydroxylation sites is 1. The Kier molecular flexibility index (Phi) is 5.34. The van der Waals surface area contributed by atoms with Crippen LogP contribution in [0, 0.1) is 6.92 Å². The lowest BCUT2D eigenvalue weighted by Crippen LogP contribution is -2.17. The second kappa shape index (κ2) is 8.13. The third kappa shape index (κ3) is 4.02. The SMILES string of the molecule is COc1ccc(C(=O)Nc2cc(C)nn2-c2ccccc2C(F)(F)F)cc1-n1cnnn1. The smallest absolute Gasteiger partial charge is 0.418 e. The quantitative estimate of drug-likeness (QED) is 0.507. The number of hydrogen-bond acceptors (Lipinski definition) is 6. The van der Waals surface area contributed by atoms with Gasteiger partial charge in [-0.3, -0.25) is 4.79 Å². The highest BCUT2D eigenvalue weighted by Crippen LogP contribution is 2.35.